The molecule has 0 amide bonds. The molecule has 0 heterocycles. The van der Waals surface area contributed by atoms with Crippen molar-refractivity contribution in [3.63, 3.8) is 0 Å². The Hall–Kier alpha value is 0. The Morgan fingerprint density at radius 1 is 1.13 bits per heavy atom. The second-order valence-corrected chi connectivity index (χ2v) is 5.65. The summed E-state index contributed by atoms with van der Waals surface area (Å²) in [6.45, 7) is 7.18. The van der Waals surface area contributed by atoms with E-state index in [2.05, 4.69) is 46.5 Å². The summed E-state index contributed by atoms with van der Waals surface area (Å²) in [4.78, 5) is 0. The summed E-state index contributed by atoms with van der Waals surface area (Å²) in [6, 6.07) is 0. The zero-order valence-electron chi connectivity index (χ0n) is 10.2. The van der Waals surface area contributed by atoms with Gasteiger partial charge in [-0.3, -0.25) is 0 Å². The molecular weight excluding hydrogens is 180 g/mol. The molecule has 0 aromatic carbocycles. The van der Waals surface area contributed by atoms with Gasteiger partial charge in [-0.15, -0.1) is 0 Å². The van der Waals surface area contributed by atoms with E-state index in [0.717, 1.165) is 23.7 Å². The summed E-state index contributed by atoms with van der Waals surface area (Å²) in [5.41, 5.74) is 0. The predicted molar refractivity (Wildman–Crippen MR) is 65.3 cm³/mol. The summed E-state index contributed by atoms with van der Waals surface area (Å²) in [5, 5.41) is 0. The molecule has 83 valence electrons. The van der Waals surface area contributed by atoms with E-state index >= 15 is 0 Å². The molecule has 2 rings (SSSR count). The second kappa shape index (κ2) is 4.89. The molecule has 0 unspecified atom stereocenters. The van der Waals surface area contributed by atoms with Crippen LogP contribution in [0.25, 0.3) is 0 Å². The highest BCUT2D eigenvalue weighted by molar-refractivity contribution is 5.37. The molecule has 2 aliphatic carbocycles. The maximum atomic E-state index is 2.41. The Morgan fingerprint density at radius 3 is 2.40 bits per heavy atom. The summed E-state index contributed by atoms with van der Waals surface area (Å²) < 4.78 is 0. The molecule has 15 heavy (non-hydrogen) atoms. The average Bonchev–Trinajstić information content (AvgIpc) is 2.69. The van der Waals surface area contributed by atoms with E-state index in [0.29, 0.717) is 0 Å². The molecule has 3 atom stereocenters. The van der Waals surface area contributed by atoms with Crippen molar-refractivity contribution < 1.29 is 0 Å². The standard InChI is InChI=1S/C15H23/c1-11(2)14-9-8-12(3)10-15(14)13-6-4-5-7-13/h4-7,11-12,14-15H,8-10H2,1-3H3/t12-,14+,15-/m1/s1. The Labute approximate surface area is 95.8 Å². The highest BCUT2D eigenvalue weighted by Gasteiger charge is 2.37. The molecule has 0 bridgehead atoms. The normalized spacial score (nSPS) is 38.8. The highest BCUT2D eigenvalue weighted by atomic mass is 14.4. The smallest absolute Gasteiger partial charge is 0.0133 e. The van der Waals surface area contributed by atoms with Gasteiger partial charge >= 0.3 is 0 Å². The summed E-state index contributed by atoms with van der Waals surface area (Å²) in [5.74, 6) is 5.06. The Balaban J connectivity index is 2.01. The van der Waals surface area contributed by atoms with Gasteiger partial charge < -0.3 is 0 Å². The molecule has 0 nitrogen and oxygen atoms in total. The molecule has 0 aromatic heterocycles. The van der Waals surface area contributed by atoms with Crippen LogP contribution in [0.3, 0.4) is 0 Å². The third-order valence-electron chi connectivity index (χ3n) is 4.14. The first-order valence-corrected chi connectivity index (χ1v) is 6.40. The van der Waals surface area contributed by atoms with Gasteiger partial charge in [0.25, 0.3) is 0 Å². The Kier molecular flexibility index (Phi) is 3.74. The van der Waals surface area contributed by atoms with Crippen LogP contribution in [-0.2, 0) is 0 Å². The fourth-order valence-electron chi connectivity index (χ4n) is 3.22. The van der Waals surface area contributed by atoms with Crippen LogP contribution in [0.1, 0.15) is 40.0 Å². The zero-order chi connectivity index (χ0) is 10.8. The monoisotopic (exact) mass is 203 g/mol. The van der Waals surface area contributed by atoms with Crippen LogP contribution < -0.4 is 0 Å². The van der Waals surface area contributed by atoms with Gasteiger partial charge in [-0.2, -0.15) is 0 Å². The lowest BCUT2D eigenvalue weighted by atomic mass is 9.65. The van der Waals surface area contributed by atoms with E-state index in [1.807, 2.05) is 0 Å². The quantitative estimate of drug-likeness (QED) is 0.634. The van der Waals surface area contributed by atoms with E-state index in [-0.39, 0.29) is 0 Å². The van der Waals surface area contributed by atoms with Crippen molar-refractivity contribution in [2.24, 2.45) is 23.7 Å². The summed E-state index contributed by atoms with van der Waals surface area (Å²) in [7, 11) is 0. The van der Waals surface area contributed by atoms with Gasteiger partial charge in [0.1, 0.15) is 0 Å². The van der Waals surface area contributed by atoms with Crippen LogP contribution in [0, 0.1) is 55.3 Å². The fraction of sp³-hybridized carbons (Fsp3) is 0.667. The van der Waals surface area contributed by atoms with Gasteiger partial charge in [0.2, 0.25) is 0 Å². The van der Waals surface area contributed by atoms with Crippen molar-refractivity contribution in [1.82, 2.24) is 0 Å². The van der Waals surface area contributed by atoms with Gasteiger partial charge in [-0.25, -0.2) is 0 Å². The Morgan fingerprint density at radius 2 is 1.80 bits per heavy atom. The van der Waals surface area contributed by atoms with E-state index in [1.54, 1.807) is 5.92 Å². The molecule has 0 spiro atoms. The minimum Gasteiger partial charge on any atom is -0.0625 e. The third-order valence-corrected chi connectivity index (χ3v) is 4.14. The predicted octanol–water partition coefficient (Wildman–Crippen LogP) is 4.10. The molecule has 0 aliphatic heterocycles. The van der Waals surface area contributed by atoms with E-state index < -0.39 is 0 Å². The first-order chi connectivity index (χ1) is 7.18. The third kappa shape index (κ3) is 2.57. The van der Waals surface area contributed by atoms with E-state index in [9.17, 15) is 0 Å². The minimum atomic E-state index is 0.823. The topological polar surface area (TPSA) is 0 Å². The van der Waals surface area contributed by atoms with E-state index in [1.165, 1.54) is 19.3 Å². The van der Waals surface area contributed by atoms with Gasteiger partial charge in [0.05, 0.1) is 0 Å². The van der Waals surface area contributed by atoms with Crippen molar-refractivity contribution in [2.45, 2.75) is 40.0 Å². The maximum absolute atomic E-state index is 2.41. The average molecular weight is 203 g/mol. The van der Waals surface area contributed by atoms with Gasteiger partial charge in [0, 0.05) is 0 Å². The van der Waals surface area contributed by atoms with Crippen LogP contribution in [0.2, 0.25) is 0 Å². The maximum Gasteiger partial charge on any atom is -0.0133 e. The molecule has 0 saturated heterocycles. The first-order valence-electron chi connectivity index (χ1n) is 6.40. The largest absolute Gasteiger partial charge is 0.0625 e. The summed E-state index contributed by atoms with van der Waals surface area (Å²) in [6.07, 6.45) is 13.3. The van der Waals surface area contributed by atoms with Gasteiger partial charge in [0.15, 0.2) is 0 Å². The van der Waals surface area contributed by atoms with Crippen molar-refractivity contribution >= 4 is 0 Å². The number of hydrogen-bond acceptors (Lipinski definition) is 0. The second-order valence-electron chi connectivity index (χ2n) is 5.65. The van der Waals surface area contributed by atoms with E-state index in [4.69, 9.17) is 0 Å². The number of hydrogen-bond donors (Lipinski definition) is 0. The van der Waals surface area contributed by atoms with Crippen molar-refractivity contribution in [3.8, 4) is 0 Å². The van der Waals surface area contributed by atoms with Crippen LogP contribution in [0.5, 0.6) is 0 Å². The Bertz CT molecular complexity index is 188. The number of rotatable bonds is 2. The van der Waals surface area contributed by atoms with Gasteiger partial charge in [-0.05, 0) is 68.1 Å². The van der Waals surface area contributed by atoms with Crippen molar-refractivity contribution in [3.05, 3.63) is 31.6 Å². The van der Waals surface area contributed by atoms with Crippen LogP contribution in [0.4, 0.5) is 0 Å². The SMILES string of the molecule is CC(C)[C@@H]1CC[C@@H](C)C[C@@H]1[C]1[CH][CH][CH][CH]1. The first kappa shape index (κ1) is 11.5. The molecule has 0 heteroatoms. The van der Waals surface area contributed by atoms with Crippen molar-refractivity contribution in [1.29, 1.82) is 0 Å². The lowest BCUT2D eigenvalue weighted by Gasteiger charge is -2.40. The van der Waals surface area contributed by atoms with Crippen LogP contribution >= 0.6 is 0 Å². The zero-order valence-corrected chi connectivity index (χ0v) is 10.2. The molecule has 0 N–H and O–H groups in total. The lowest BCUT2D eigenvalue weighted by molar-refractivity contribution is 0.159. The van der Waals surface area contributed by atoms with Crippen molar-refractivity contribution in [2.75, 3.05) is 0 Å². The molecule has 2 aliphatic rings. The lowest BCUT2D eigenvalue weighted by Crippen LogP contribution is -2.31. The molecule has 2 saturated carbocycles. The molecule has 5 radical (unpaired) electrons. The minimum absolute atomic E-state index is 0.823. The fourth-order valence-corrected chi connectivity index (χ4v) is 3.22. The van der Waals surface area contributed by atoms with Gasteiger partial charge in [-0.1, -0.05) is 27.2 Å². The van der Waals surface area contributed by atoms with Crippen LogP contribution in [-0.4, -0.2) is 0 Å². The summed E-state index contributed by atoms with van der Waals surface area (Å²) >= 11 is 0. The highest BCUT2D eigenvalue weighted by Crippen LogP contribution is 2.46. The molecule has 0 aromatic rings. The van der Waals surface area contributed by atoms with Crippen LogP contribution in [0.15, 0.2) is 0 Å². The molecular formula is C15H23. The molecule has 2 fully saturated rings.